The number of carbonyl (C=O) groups is 2. The molecule has 2 aliphatic heterocycles. The van der Waals surface area contributed by atoms with Crippen LogP contribution in [0.5, 0.6) is 0 Å². The Morgan fingerprint density at radius 3 is 2.80 bits per heavy atom. The van der Waals surface area contributed by atoms with E-state index in [-0.39, 0.29) is 13.0 Å². The standard InChI is InChI=1S/C13H23N3O4/c1-2-15-5-3-4-9(15)7-14-13(20)16-8-10(17)6-11(16)12(18)19/h9-11,17H,2-8H2,1H3,(H,14,20)(H,18,19). The molecule has 0 radical (unpaired) electrons. The molecule has 0 aromatic carbocycles. The topological polar surface area (TPSA) is 93.1 Å². The van der Waals surface area contributed by atoms with E-state index in [1.165, 1.54) is 4.90 Å². The van der Waals surface area contributed by atoms with Crippen molar-refractivity contribution < 1.29 is 19.8 Å². The number of aliphatic hydroxyl groups excluding tert-OH is 1. The van der Waals surface area contributed by atoms with Crippen LogP contribution < -0.4 is 5.32 Å². The maximum absolute atomic E-state index is 12.1. The van der Waals surface area contributed by atoms with E-state index in [0.717, 1.165) is 25.9 Å². The van der Waals surface area contributed by atoms with Crippen molar-refractivity contribution in [3.8, 4) is 0 Å². The molecule has 2 aliphatic rings. The highest BCUT2D eigenvalue weighted by atomic mass is 16.4. The van der Waals surface area contributed by atoms with Crippen LogP contribution in [0.1, 0.15) is 26.2 Å². The molecule has 114 valence electrons. The molecule has 2 heterocycles. The highest BCUT2D eigenvalue weighted by molar-refractivity contribution is 5.83. The molecular formula is C13H23N3O4. The summed E-state index contributed by atoms with van der Waals surface area (Å²) in [4.78, 5) is 26.7. The fourth-order valence-corrected chi connectivity index (χ4v) is 3.12. The fraction of sp³-hybridized carbons (Fsp3) is 0.846. The second-order valence-corrected chi connectivity index (χ2v) is 5.51. The van der Waals surface area contributed by atoms with Crippen molar-refractivity contribution in [1.29, 1.82) is 0 Å². The minimum atomic E-state index is -1.06. The predicted octanol–water partition coefficient (Wildman–Crippen LogP) is -0.300. The maximum atomic E-state index is 12.1. The number of β-amino-alcohol motifs (C(OH)–C–C–N with tert-alkyl or cyclic N) is 1. The number of nitrogens with one attached hydrogen (secondary N) is 1. The van der Waals surface area contributed by atoms with E-state index < -0.39 is 24.1 Å². The molecule has 7 heteroatoms. The lowest BCUT2D eigenvalue weighted by atomic mass is 10.2. The number of likely N-dealkylation sites (N-methyl/N-ethyl adjacent to an activating group) is 1. The van der Waals surface area contributed by atoms with Gasteiger partial charge in [0, 0.05) is 25.6 Å². The molecule has 3 atom stereocenters. The van der Waals surface area contributed by atoms with Gasteiger partial charge in [0.25, 0.3) is 0 Å². The Hall–Kier alpha value is -1.34. The average Bonchev–Trinajstić information content (AvgIpc) is 3.01. The van der Waals surface area contributed by atoms with Gasteiger partial charge in [0.2, 0.25) is 0 Å². The number of nitrogens with zero attached hydrogens (tertiary/aromatic N) is 2. The lowest BCUT2D eigenvalue weighted by molar-refractivity contribution is -0.141. The van der Waals surface area contributed by atoms with Crippen LogP contribution in [-0.4, -0.2) is 76.4 Å². The smallest absolute Gasteiger partial charge is 0.326 e. The van der Waals surface area contributed by atoms with Crippen molar-refractivity contribution in [2.75, 3.05) is 26.2 Å². The van der Waals surface area contributed by atoms with E-state index in [0.29, 0.717) is 12.6 Å². The number of urea groups is 1. The van der Waals surface area contributed by atoms with E-state index >= 15 is 0 Å². The summed E-state index contributed by atoms with van der Waals surface area (Å²) in [5.41, 5.74) is 0. The lowest BCUT2D eigenvalue weighted by Crippen LogP contribution is -2.49. The van der Waals surface area contributed by atoms with Crippen molar-refractivity contribution in [1.82, 2.24) is 15.1 Å². The fourth-order valence-electron chi connectivity index (χ4n) is 3.12. The minimum Gasteiger partial charge on any atom is -0.480 e. The van der Waals surface area contributed by atoms with Crippen LogP contribution in [-0.2, 0) is 4.79 Å². The highest BCUT2D eigenvalue weighted by Crippen LogP contribution is 2.19. The third-order valence-corrected chi connectivity index (χ3v) is 4.22. The summed E-state index contributed by atoms with van der Waals surface area (Å²) in [5, 5.41) is 21.4. The summed E-state index contributed by atoms with van der Waals surface area (Å²) in [6.45, 7) is 4.73. The van der Waals surface area contributed by atoms with Crippen molar-refractivity contribution >= 4 is 12.0 Å². The van der Waals surface area contributed by atoms with Gasteiger partial charge in [-0.2, -0.15) is 0 Å². The summed E-state index contributed by atoms with van der Waals surface area (Å²) in [6, 6.07) is -0.979. The number of carbonyl (C=O) groups excluding carboxylic acids is 1. The largest absolute Gasteiger partial charge is 0.480 e. The maximum Gasteiger partial charge on any atom is 0.326 e. The number of aliphatic hydroxyl groups is 1. The third-order valence-electron chi connectivity index (χ3n) is 4.22. The second kappa shape index (κ2) is 6.41. The van der Waals surface area contributed by atoms with E-state index in [2.05, 4.69) is 17.1 Å². The summed E-state index contributed by atoms with van der Waals surface area (Å²) >= 11 is 0. The Balaban J connectivity index is 1.86. The number of carboxylic acid groups (broad SMARTS) is 1. The minimum absolute atomic E-state index is 0.0883. The second-order valence-electron chi connectivity index (χ2n) is 5.51. The Kier molecular flexibility index (Phi) is 4.82. The number of rotatable bonds is 4. The Bertz CT molecular complexity index is 377. The van der Waals surface area contributed by atoms with Gasteiger partial charge in [-0.15, -0.1) is 0 Å². The average molecular weight is 285 g/mol. The van der Waals surface area contributed by atoms with Crippen LogP contribution in [0.15, 0.2) is 0 Å². The van der Waals surface area contributed by atoms with Gasteiger partial charge in [0.15, 0.2) is 0 Å². The molecule has 20 heavy (non-hydrogen) atoms. The summed E-state index contributed by atoms with van der Waals surface area (Å²) in [5.74, 6) is -1.06. The van der Waals surface area contributed by atoms with Gasteiger partial charge >= 0.3 is 12.0 Å². The van der Waals surface area contributed by atoms with Crippen LogP contribution >= 0.6 is 0 Å². The molecule has 0 aromatic heterocycles. The van der Waals surface area contributed by atoms with Crippen LogP contribution in [0.3, 0.4) is 0 Å². The molecular weight excluding hydrogens is 262 g/mol. The zero-order valence-electron chi connectivity index (χ0n) is 11.8. The molecule has 2 saturated heterocycles. The molecule has 0 aliphatic carbocycles. The molecule has 3 unspecified atom stereocenters. The lowest BCUT2D eigenvalue weighted by Gasteiger charge is -2.26. The van der Waals surface area contributed by atoms with E-state index in [1.807, 2.05) is 0 Å². The number of hydrogen-bond donors (Lipinski definition) is 3. The SMILES string of the molecule is CCN1CCCC1CNC(=O)N1CC(O)CC1C(=O)O. The molecule has 0 aromatic rings. The van der Waals surface area contributed by atoms with Crippen LogP contribution in [0.2, 0.25) is 0 Å². The number of likely N-dealkylation sites (tertiary alicyclic amines) is 2. The van der Waals surface area contributed by atoms with Crippen LogP contribution in [0.25, 0.3) is 0 Å². The molecule has 3 N–H and O–H groups in total. The first-order valence-electron chi connectivity index (χ1n) is 7.22. The van der Waals surface area contributed by atoms with Gasteiger partial charge in [0.1, 0.15) is 6.04 Å². The zero-order chi connectivity index (χ0) is 14.7. The third kappa shape index (κ3) is 3.21. The Morgan fingerprint density at radius 1 is 1.40 bits per heavy atom. The predicted molar refractivity (Wildman–Crippen MR) is 72.4 cm³/mol. The van der Waals surface area contributed by atoms with Crippen molar-refractivity contribution in [2.45, 2.75) is 44.4 Å². The van der Waals surface area contributed by atoms with Gasteiger partial charge in [-0.3, -0.25) is 4.90 Å². The number of aliphatic carboxylic acids is 1. The normalized spacial score (nSPS) is 30.7. The van der Waals surface area contributed by atoms with Gasteiger partial charge in [0.05, 0.1) is 6.10 Å². The van der Waals surface area contributed by atoms with Crippen LogP contribution in [0, 0.1) is 0 Å². The highest BCUT2D eigenvalue weighted by Gasteiger charge is 2.39. The molecule has 0 bridgehead atoms. The van der Waals surface area contributed by atoms with Gasteiger partial charge in [-0.25, -0.2) is 9.59 Å². The van der Waals surface area contributed by atoms with E-state index in [4.69, 9.17) is 5.11 Å². The zero-order valence-corrected chi connectivity index (χ0v) is 11.8. The monoisotopic (exact) mass is 285 g/mol. The molecule has 2 amide bonds. The first kappa shape index (κ1) is 15.1. The summed E-state index contributed by atoms with van der Waals surface area (Å²) in [7, 11) is 0. The van der Waals surface area contributed by atoms with Crippen molar-refractivity contribution in [2.24, 2.45) is 0 Å². The summed E-state index contributed by atoms with van der Waals surface area (Å²) < 4.78 is 0. The summed E-state index contributed by atoms with van der Waals surface area (Å²) in [6.07, 6.45) is 1.54. The molecule has 2 rings (SSSR count). The van der Waals surface area contributed by atoms with Crippen LogP contribution in [0.4, 0.5) is 4.79 Å². The molecule has 0 saturated carbocycles. The van der Waals surface area contributed by atoms with E-state index in [1.54, 1.807) is 0 Å². The van der Waals surface area contributed by atoms with Gasteiger partial charge < -0.3 is 20.4 Å². The molecule has 0 spiro atoms. The number of carboxylic acids is 1. The van der Waals surface area contributed by atoms with Gasteiger partial charge in [-0.05, 0) is 25.9 Å². The Labute approximate surface area is 118 Å². The number of amides is 2. The molecule has 7 nitrogen and oxygen atoms in total. The Morgan fingerprint density at radius 2 is 2.15 bits per heavy atom. The van der Waals surface area contributed by atoms with Gasteiger partial charge in [-0.1, -0.05) is 6.92 Å². The number of hydrogen-bond acceptors (Lipinski definition) is 4. The van der Waals surface area contributed by atoms with E-state index in [9.17, 15) is 14.7 Å². The van der Waals surface area contributed by atoms with Crippen molar-refractivity contribution in [3.63, 3.8) is 0 Å². The quantitative estimate of drug-likeness (QED) is 0.659. The van der Waals surface area contributed by atoms with Crippen molar-refractivity contribution in [3.05, 3.63) is 0 Å². The molecule has 2 fully saturated rings. The first-order valence-corrected chi connectivity index (χ1v) is 7.22. The first-order chi connectivity index (χ1) is 9.52.